The molecule has 2 fully saturated rings. The number of ether oxygens (including phenoxy) is 1. The molecule has 3 heterocycles. The van der Waals surface area contributed by atoms with E-state index in [4.69, 9.17) is 9.73 Å². The van der Waals surface area contributed by atoms with Crippen molar-refractivity contribution in [3.05, 3.63) is 22.4 Å². The number of nitrogens with zero attached hydrogens (tertiary/aromatic N) is 3. The van der Waals surface area contributed by atoms with Crippen LogP contribution in [0.5, 0.6) is 0 Å². The summed E-state index contributed by atoms with van der Waals surface area (Å²) in [6, 6.07) is 5.48. The Hall–Kier alpha value is -1.15. The smallest absolute Gasteiger partial charge is 0.191 e. The van der Waals surface area contributed by atoms with E-state index >= 15 is 0 Å². The molecule has 30 heavy (non-hydrogen) atoms. The van der Waals surface area contributed by atoms with Crippen molar-refractivity contribution in [1.29, 1.82) is 0 Å². The van der Waals surface area contributed by atoms with Gasteiger partial charge in [-0.2, -0.15) is 0 Å². The number of hydrogen-bond acceptors (Lipinski definition) is 5. The van der Waals surface area contributed by atoms with Crippen molar-refractivity contribution in [2.75, 3.05) is 59.0 Å². The number of morpholine rings is 1. The standard InChI is InChI=1S/C23H41N5OS/c1-3-24-23(25-11-5-7-13-27-12-6-4-9-20(27)2)26-19-21(22-10-8-18-30-22)28-14-16-29-17-15-28/h8,10,18,20-21H,3-7,9,11-17,19H2,1-2H3,(H2,24,25,26). The van der Waals surface area contributed by atoms with E-state index in [1.165, 1.54) is 50.1 Å². The van der Waals surface area contributed by atoms with Crippen LogP contribution in [0.4, 0.5) is 0 Å². The van der Waals surface area contributed by atoms with E-state index in [1.54, 1.807) is 0 Å². The third-order valence-corrected chi connectivity index (χ3v) is 7.20. The lowest BCUT2D eigenvalue weighted by Crippen LogP contribution is -2.42. The maximum Gasteiger partial charge on any atom is 0.191 e. The predicted molar refractivity (Wildman–Crippen MR) is 128 cm³/mol. The lowest BCUT2D eigenvalue weighted by molar-refractivity contribution is 0.0186. The highest BCUT2D eigenvalue weighted by Crippen LogP contribution is 2.26. The van der Waals surface area contributed by atoms with Gasteiger partial charge in [0.25, 0.3) is 0 Å². The molecule has 0 saturated carbocycles. The van der Waals surface area contributed by atoms with Crippen molar-refractivity contribution >= 4 is 17.3 Å². The number of unbranched alkanes of at least 4 members (excludes halogenated alkanes) is 1. The topological polar surface area (TPSA) is 52.1 Å². The number of hydrogen-bond donors (Lipinski definition) is 2. The zero-order valence-corrected chi connectivity index (χ0v) is 19.8. The van der Waals surface area contributed by atoms with Gasteiger partial charge >= 0.3 is 0 Å². The molecular weight excluding hydrogens is 394 g/mol. The Morgan fingerprint density at radius 1 is 1.23 bits per heavy atom. The molecule has 2 N–H and O–H groups in total. The minimum Gasteiger partial charge on any atom is -0.379 e. The first-order valence-corrected chi connectivity index (χ1v) is 12.8. The average molecular weight is 436 g/mol. The first-order valence-electron chi connectivity index (χ1n) is 11.9. The van der Waals surface area contributed by atoms with Gasteiger partial charge < -0.3 is 20.3 Å². The van der Waals surface area contributed by atoms with E-state index in [0.717, 1.165) is 57.9 Å². The number of rotatable bonds is 10. The predicted octanol–water partition coefficient (Wildman–Crippen LogP) is 3.33. The zero-order valence-electron chi connectivity index (χ0n) is 18.9. The fourth-order valence-corrected chi connectivity index (χ4v) is 5.26. The molecule has 0 amide bonds. The molecule has 3 rings (SSSR count). The van der Waals surface area contributed by atoms with Crippen LogP contribution in [0.15, 0.2) is 22.5 Å². The van der Waals surface area contributed by atoms with Gasteiger partial charge in [0.1, 0.15) is 0 Å². The average Bonchev–Trinajstić information content (AvgIpc) is 3.30. The number of likely N-dealkylation sites (tertiary alicyclic amines) is 1. The second kappa shape index (κ2) is 13.3. The van der Waals surface area contributed by atoms with Crippen LogP contribution in [0.1, 0.15) is 56.9 Å². The second-order valence-electron chi connectivity index (χ2n) is 8.41. The molecule has 2 aliphatic rings. The number of piperidine rings is 1. The van der Waals surface area contributed by atoms with E-state index in [0.29, 0.717) is 6.04 Å². The van der Waals surface area contributed by atoms with Crippen molar-refractivity contribution in [3.8, 4) is 0 Å². The lowest BCUT2D eigenvalue weighted by atomic mass is 10.0. The van der Waals surface area contributed by atoms with Crippen LogP contribution >= 0.6 is 11.3 Å². The van der Waals surface area contributed by atoms with Crippen molar-refractivity contribution in [1.82, 2.24) is 20.4 Å². The number of aliphatic imine (C=N–C) groups is 1. The minimum absolute atomic E-state index is 0.338. The molecule has 0 aliphatic carbocycles. The largest absolute Gasteiger partial charge is 0.379 e. The third kappa shape index (κ3) is 7.52. The Labute approximate surface area is 187 Å². The van der Waals surface area contributed by atoms with Crippen LogP contribution in [-0.4, -0.2) is 80.8 Å². The summed E-state index contributed by atoms with van der Waals surface area (Å²) >= 11 is 1.83. The number of thiophene rings is 1. The summed E-state index contributed by atoms with van der Waals surface area (Å²) < 4.78 is 5.56. The molecule has 1 aromatic heterocycles. The Balaban J connectivity index is 1.46. The van der Waals surface area contributed by atoms with E-state index in [-0.39, 0.29) is 0 Å². The van der Waals surface area contributed by atoms with Crippen molar-refractivity contribution in [3.63, 3.8) is 0 Å². The molecule has 1 aromatic rings. The maximum absolute atomic E-state index is 5.56. The van der Waals surface area contributed by atoms with E-state index in [1.807, 2.05) is 11.3 Å². The third-order valence-electron chi connectivity index (χ3n) is 6.23. The molecule has 7 heteroatoms. The first kappa shape index (κ1) is 23.5. The lowest BCUT2D eigenvalue weighted by Gasteiger charge is -2.33. The van der Waals surface area contributed by atoms with Gasteiger partial charge in [0, 0.05) is 37.1 Å². The van der Waals surface area contributed by atoms with E-state index < -0.39 is 0 Å². The number of nitrogens with one attached hydrogen (secondary N) is 2. The highest BCUT2D eigenvalue weighted by molar-refractivity contribution is 7.10. The van der Waals surface area contributed by atoms with Crippen LogP contribution in [0.25, 0.3) is 0 Å². The van der Waals surface area contributed by atoms with Gasteiger partial charge in [0.15, 0.2) is 5.96 Å². The van der Waals surface area contributed by atoms with Crippen LogP contribution in [-0.2, 0) is 4.74 Å². The summed E-state index contributed by atoms with van der Waals surface area (Å²) in [6.45, 7) is 13.3. The minimum atomic E-state index is 0.338. The van der Waals surface area contributed by atoms with Crippen LogP contribution < -0.4 is 10.6 Å². The zero-order chi connectivity index (χ0) is 21.0. The number of guanidine groups is 1. The molecule has 2 unspecified atom stereocenters. The maximum atomic E-state index is 5.56. The summed E-state index contributed by atoms with van der Waals surface area (Å²) in [5.74, 6) is 0.943. The molecule has 2 aliphatic heterocycles. The summed E-state index contributed by atoms with van der Waals surface area (Å²) in [6.07, 6.45) is 6.57. The van der Waals surface area contributed by atoms with Crippen molar-refractivity contribution in [2.24, 2.45) is 4.99 Å². The Bertz CT molecular complexity index is 603. The Kier molecular flexibility index (Phi) is 10.4. The SMILES string of the molecule is CCNC(=NCC(c1cccs1)N1CCOCC1)NCCCCN1CCCCC1C. The fraction of sp³-hybridized carbons (Fsp3) is 0.783. The van der Waals surface area contributed by atoms with E-state index in [2.05, 4.69) is 51.8 Å². The fourth-order valence-electron chi connectivity index (χ4n) is 4.41. The molecule has 0 radical (unpaired) electrons. The van der Waals surface area contributed by atoms with Gasteiger partial charge in [-0.15, -0.1) is 11.3 Å². The summed E-state index contributed by atoms with van der Waals surface area (Å²) in [7, 11) is 0. The van der Waals surface area contributed by atoms with E-state index in [9.17, 15) is 0 Å². The van der Waals surface area contributed by atoms with Gasteiger partial charge in [0.2, 0.25) is 0 Å². The summed E-state index contributed by atoms with van der Waals surface area (Å²) in [5, 5.41) is 9.14. The second-order valence-corrected chi connectivity index (χ2v) is 9.39. The van der Waals surface area contributed by atoms with Crippen LogP contribution in [0.3, 0.4) is 0 Å². The van der Waals surface area contributed by atoms with Crippen LogP contribution in [0, 0.1) is 0 Å². The van der Waals surface area contributed by atoms with Crippen LogP contribution in [0.2, 0.25) is 0 Å². The van der Waals surface area contributed by atoms with Crippen molar-refractivity contribution < 1.29 is 4.74 Å². The van der Waals surface area contributed by atoms with Gasteiger partial charge in [-0.1, -0.05) is 12.5 Å². The molecule has 0 bridgehead atoms. The molecule has 0 aromatic carbocycles. The molecule has 0 spiro atoms. The Morgan fingerprint density at radius 3 is 2.83 bits per heavy atom. The molecule has 2 saturated heterocycles. The quantitative estimate of drug-likeness (QED) is 0.335. The molecule has 170 valence electrons. The highest BCUT2D eigenvalue weighted by atomic mass is 32.1. The molecular formula is C23H41N5OS. The molecule has 6 nitrogen and oxygen atoms in total. The van der Waals surface area contributed by atoms with Gasteiger partial charge in [-0.3, -0.25) is 9.89 Å². The highest BCUT2D eigenvalue weighted by Gasteiger charge is 2.23. The molecule has 2 atom stereocenters. The van der Waals surface area contributed by atoms with Gasteiger partial charge in [0.05, 0.1) is 25.8 Å². The van der Waals surface area contributed by atoms with Crippen molar-refractivity contribution in [2.45, 2.75) is 58.0 Å². The van der Waals surface area contributed by atoms with Gasteiger partial charge in [-0.25, -0.2) is 0 Å². The normalized spacial score (nSPS) is 22.7. The Morgan fingerprint density at radius 2 is 2.10 bits per heavy atom. The monoisotopic (exact) mass is 435 g/mol. The summed E-state index contributed by atoms with van der Waals surface area (Å²) in [4.78, 5) is 11.5. The first-order chi connectivity index (χ1) is 14.8. The summed E-state index contributed by atoms with van der Waals surface area (Å²) in [5.41, 5.74) is 0. The van der Waals surface area contributed by atoms with Gasteiger partial charge in [-0.05, 0) is 64.1 Å².